The summed E-state index contributed by atoms with van der Waals surface area (Å²) in [6.07, 6.45) is 6.49. The number of amides is 1. The molecular weight excluding hydrogens is 516 g/mol. The van der Waals surface area contributed by atoms with Gasteiger partial charge < -0.3 is 29.9 Å². The summed E-state index contributed by atoms with van der Waals surface area (Å²) < 4.78 is 10.2. The summed E-state index contributed by atoms with van der Waals surface area (Å²) in [6, 6.07) is 16.0. The van der Waals surface area contributed by atoms with Crippen LogP contribution in [0.5, 0.6) is 0 Å². The molecule has 2 aromatic rings. The summed E-state index contributed by atoms with van der Waals surface area (Å²) in [5, 5.41) is 6.89. The van der Waals surface area contributed by atoms with E-state index in [1.807, 2.05) is 6.07 Å². The number of carbonyl (C=O) groups is 2. The fraction of sp³-hybridized carbons (Fsp3) is 0.576. The number of hydrogen-bond acceptors (Lipinski definition) is 7. The van der Waals surface area contributed by atoms with Crippen molar-refractivity contribution in [2.75, 3.05) is 55.1 Å². The van der Waals surface area contributed by atoms with Crippen molar-refractivity contribution in [2.45, 2.75) is 76.9 Å². The van der Waals surface area contributed by atoms with E-state index in [1.165, 1.54) is 36.9 Å². The maximum Gasteiger partial charge on any atom is 0.305 e. The van der Waals surface area contributed by atoms with E-state index in [9.17, 15) is 9.59 Å². The molecule has 1 saturated heterocycles. The number of benzene rings is 2. The lowest BCUT2D eigenvalue weighted by Crippen LogP contribution is -2.46. The number of methoxy groups -OCH3 is 1. The van der Waals surface area contributed by atoms with Gasteiger partial charge in [0.05, 0.1) is 26.4 Å². The third-order valence-electron chi connectivity index (χ3n) is 8.89. The van der Waals surface area contributed by atoms with Gasteiger partial charge in [-0.15, -0.1) is 0 Å². The smallest absolute Gasteiger partial charge is 0.305 e. The minimum Gasteiger partial charge on any atom is -0.469 e. The Morgan fingerprint density at radius 1 is 1.05 bits per heavy atom. The number of carbonyl (C=O) groups excluding carboxylic acids is 2. The summed E-state index contributed by atoms with van der Waals surface area (Å²) in [4.78, 5) is 29.4. The zero-order chi connectivity index (χ0) is 28.8. The van der Waals surface area contributed by atoms with E-state index in [1.54, 1.807) is 0 Å². The first-order chi connectivity index (χ1) is 19.9. The predicted molar refractivity (Wildman–Crippen MR) is 164 cm³/mol. The quantitative estimate of drug-likeness (QED) is 0.260. The summed E-state index contributed by atoms with van der Waals surface area (Å²) in [5.74, 6) is 0.526. The molecule has 3 unspecified atom stereocenters. The maximum atomic E-state index is 13.1. The molecule has 5 rings (SSSR count). The second-order valence-electron chi connectivity index (χ2n) is 11.8. The number of nitrogens with zero attached hydrogens (tertiary/aromatic N) is 2. The second-order valence-corrected chi connectivity index (χ2v) is 11.8. The Balaban J connectivity index is 1.29. The molecule has 222 valence electrons. The highest BCUT2D eigenvalue weighted by atomic mass is 16.5. The highest BCUT2D eigenvalue weighted by Crippen LogP contribution is 2.45. The van der Waals surface area contributed by atoms with Crippen molar-refractivity contribution in [1.82, 2.24) is 5.32 Å². The van der Waals surface area contributed by atoms with Gasteiger partial charge in [-0.1, -0.05) is 6.42 Å². The number of ether oxygens (including phenoxy) is 2. The van der Waals surface area contributed by atoms with Crippen LogP contribution in [0.3, 0.4) is 0 Å². The number of morpholine rings is 1. The van der Waals surface area contributed by atoms with Crippen LogP contribution in [-0.2, 0) is 14.3 Å². The molecule has 2 aliphatic heterocycles. The normalized spacial score (nSPS) is 21.1. The molecule has 41 heavy (non-hydrogen) atoms. The molecule has 2 N–H and O–H groups in total. The number of anilines is 3. The van der Waals surface area contributed by atoms with E-state index >= 15 is 0 Å². The Labute approximate surface area is 244 Å². The largest absolute Gasteiger partial charge is 0.469 e. The third-order valence-corrected chi connectivity index (χ3v) is 8.89. The van der Waals surface area contributed by atoms with Gasteiger partial charge in [0.25, 0.3) is 5.91 Å². The molecule has 3 atom stereocenters. The van der Waals surface area contributed by atoms with Crippen LogP contribution >= 0.6 is 0 Å². The molecule has 0 radical (unpaired) electrons. The zero-order valence-corrected chi connectivity index (χ0v) is 24.9. The van der Waals surface area contributed by atoms with Gasteiger partial charge in [0.1, 0.15) is 0 Å². The molecule has 8 nitrogen and oxygen atoms in total. The highest BCUT2D eigenvalue weighted by molar-refractivity contribution is 5.95. The molecule has 0 aromatic heterocycles. The van der Waals surface area contributed by atoms with Crippen molar-refractivity contribution in [3.8, 4) is 0 Å². The Hall–Kier alpha value is -3.26. The SMILES string of the molecule is COC(=O)CCCCCNC(=O)c1ccc2c(c1)C(Nc1ccc(N3CCOCC3)cc1)CC(C)N2C(C)C1CC1. The van der Waals surface area contributed by atoms with Gasteiger partial charge in [0, 0.05) is 60.8 Å². The van der Waals surface area contributed by atoms with E-state index in [0.29, 0.717) is 30.6 Å². The molecule has 2 heterocycles. The second kappa shape index (κ2) is 13.6. The molecule has 2 fully saturated rings. The molecule has 8 heteroatoms. The van der Waals surface area contributed by atoms with E-state index in [0.717, 1.165) is 63.6 Å². The molecular formula is C33H46N4O4. The monoisotopic (exact) mass is 562 g/mol. The zero-order valence-electron chi connectivity index (χ0n) is 24.9. The molecule has 1 saturated carbocycles. The van der Waals surface area contributed by atoms with Crippen LogP contribution in [0.15, 0.2) is 42.5 Å². The number of fused-ring (bicyclic) bond motifs is 1. The molecule has 0 bridgehead atoms. The van der Waals surface area contributed by atoms with Crippen LogP contribution < -0.4 is 20.4 Å². The minimum absolute atomic E-state index is 0.0465. The molecule has 1 amide bonds. The number of nitrogens with one attached hydrogen (secondary N) is 2. The van der Waals surface area contributed by atoms with Gasteiger partial charge >= 0.3 is 5.97 Å². The van der Waals surface area contributed by atoms with Crippen molar-refractivity contribution in [3.63, 3.8) is 0 Å². The van der Waals surface area contributed by atoms with Crippen LogP contribution in [0, 0.1) is 5.92 Å². The Morgan fingerprint density at radius 3 is 2.51 bits per heavy atom. The van der Waals surface area contributed by atoms with Crippen LogP contribution in [0.25, 0.3) is 0 Å². The van der Waals surface area contributed by atoms with Crippen molar-refractivity contribution in [3.05, 3.63) is 53.6 Å². The van der Waals surface area contributed by atoms with Crippen LogP contribution in [0.4, 0.5) is 17.1 Å². The van der Waals surface area contributed by atoms with Gasteiger partial charge in [0.2, 0.25) is 0 Å². The predicted octanol–water partition coefficient (Wildman–Crippen LogP) is 5.54. The molecule has 1 aliphatic carbocycles. The van der Waals surface area contributed by atoms with Crippen molar-refractivity contribution < 1.29 is 19.1 Å². The average Bonchev–Trinajstić information content (AvgIpc) is 3.85. The summed E-state index contributed by atoms with van der Waals surface area (Å²) in [7, 11) is 1.41. The van der Waals surface area contributed by atoms with E-state index in [4.69, 9.17) is 9.47 Å². The van der Waals surface area contributed by atoms with E-state index < -0.39 is 0 Å². The number of hydrogen-bond donors (Lipinski definition) is 2. The number of esters is 1. The van der Waals surface area contributed by atoms with Crippen molar-refractivity contribution in [2.24, 2.45) is 5.92 Å². The van der Waals surface area contributed by atoms with E-state index in [-0.39, 0.29) is 17.9 Å². The van der Waals surface area contributed by atoms with Gasteiger partial charge in [-0.3, -0.25) is 9.59 Å². The van der Waals surface area contributed by atoms with Gasteiger partial charge in [-0.05, 0) is 99.9 Å². The number of rotatable bonds is 12. The lowest BCUT2D eigenvalue weighted by molar-refractivity contribution is -0.140. The van der Waals surface area contributed by atoms with Crippen molar-refractivity contribution >= 4 is 28.9 Å². The Morgan fingerprint density at radius 2 is 1.80 bits per heavy atom. The highest BCUT2D eigenvalue weighted by Gasteiger charge is 2.39. The first kappa shape index (κ1) is 29.2. The standard InChI is InChI=1S/C33H46N4O4/c1-23-21-30(35-27-11-13-28(14-12-27)36-17-19-41-20-18-36)29-22-26(10-15-31(29)37(23)24(2)25-8-9-25)33(39)34-16-6-4-5-7-32(38)40-3/h10-15,22-25,30,35H,4-9,16-21H2,1-3H3,(H,34,39). The minimum atomic E-state index is -0.182. The van der Waals surface area contributed by atoms with Crippen molar-refractivity contribution in [1.29, 1.82) is 0 Å². The molecule has 0 spiro atoms. The average molecular weight is 563 g/mol. The first-order valence-corrected chi connectivity index (χ1v) is 15.4. The van der Waals surface area contributed by atoms with Gasteiger partial charge in [0.15, 0.2) is 0 Å². The van der Waals surface area contributed by atoms with Gasteiger partial charge in [-0.25, -0.2) is 0 Å². The van der Waals surface area contributed by atoms with E-state index in [2.05, 4.69) is 70.7 Å². The van der Waals surface area contributed by atoms with Crippen LogP contribution in [-0.4, -0.2) is 63.9 Å². The third kappa shape index (κ3) is 7.34. The topological polar surface area (TPSA) is 83.1 Å². The number of unbranched alkanes of at least 4 members (excludes halogenated alkanes) is 2. The molecule has 2 aromatic carbocycles. The summed E-state index contributed by atoms with van der Waals surface area (Å²) in [5.41, 5.74) is 5.45. The summed E-state index contributed by atoms with van der Waals surface area (Å²) in [6.45, 7) is 8.68. The Kier molecular flexibility index (Phi) is 9.70. The fourth-order valence-corrected chi connectivity index (χ4v) is 6.36. The summed E-state index contributed by atoms with van der Waals surface area (Å²) >= 11 is 0. The lowest BCUT2D eigenvalue weighted by Gasteiger charge is -2.45. The van der Waals surface area contributed by atoms with Crippen LogP contribution in [0.1, 0.15) is 80.8 Å². The maximum absolute atomic E-state index is 13.1. The lowest BCUT2D eigenvalue weighted by atomic mass is 9.88. The first-order valence-electron chi connectivity index (χ1n) is 15.4. The van der Waals surface area contributed by atoms with Gasteiger partial charge in [-0.2, -0.15) is 0 Å². The Bertz CT molecular complexity index is 1180. The molecule has 3 aliphatic rings. The fourth-order valence-electron chi connectivity index (χ4n) is 6.36. The van der Waals surface area contributed by atoms with Crippen LogP contribution in [0.2, 0.25) is 0 Å².